The van der Waals surface area contributed by atoms with Crippen LogP contribution in [0.25, 0.3) is 0 Å². The van der Waals surface area contributed by atoms with Gasteiger partial charge in [-0.05, 0) is 48.5 Å². The summed E-state index contributed by atoms with van der Waals surface area (Å²) in [7, 11) is -4.99. The first-order valence-electron chi connectivity index (χ1n) is 11.2. The van der Waals surface area contributed by atoms with Gasteiger partial charge in [-0.2, -0.15) is 14.3 Å². The molecule has 1 aromatic heterocycles. The van der Waals surface area contributed by atoms with Crippen molar-refractivity contribution < 1.29 is 35.8 Å². The lowest BCUT2D eigenvalue weighted by Crippen LogP contribution is -2.40. The topological polar surface area (TPSA) is 166 Å². The third-order valence-corrected chi connectivity index (χ3v) is 8.74. The maximum atomic E-state index is 12.8. The Morgan fingerprint density at radius 2 is 1.53 bits per heavy atom. The lowest BCUT2D eigenvalue weighted by molar-refractivity contribution is 0.0730. The predicted octanol–water partition coefficient (Wildman–Crippen LogP) is 1.57. The third kappa shape index (κ3) is 6.19. The number of ether oxygens (including phenoxy) is 3. The van der Waals surface area contributed by atoms with Crippen molar-refractivity contribution in [2.45, 2.75) is 9.79 Å². The maximum Gasteiger partial charge on any atom is 0.321 e. The van der Waals surface area contributed by atoms with Crippen LogP contribution in [0, 0.1) is 0 Å². The van der Waals surface area contributed by atoms with E-state index in [2.05, 4.69) is 20.0 Å². The van der Waals surface area contributed by atoms with E-state index in [-0.39, 0.29) is 46.2 Å². The highest BCUT2D eigenvalue weighted by Crippen LogP contribution is 2.22. The zero-order valence-corrected chi connectivity index (χ0v) is 22.1. The predicted molar refractivity (Wildman–Crippen MR) is 136 cm³/mol. The lowest BCUT2D eigenvalue weighted by atomic mass is 10.2. The first-order chi connectivity index (χ1) is 18.1. The maximum absolute atomic E-state index is 12.8. The molecule has 202 valence electrons. The van der Waals surface area contributed by atoms with Gasteiger partial charge in [0.2, 0.25) is 15.9 Å². The minimum Gasteiger partial charge on any atom is -0.481 e. The first-order valence-corrected chi connectivity index (χ1v) is 14.1. The highest BCUT2D eigenvalue weighted by atomic mass is 32.2. The Kier molecular flexibility index (Phi) is 8.11. The van der Waals surface area contributed by atoms with Crippen molar-refractivity contribution in [3.63, 3.8) is 0 Å². The number of nitrogens with one attached hydrogen (secondary N) is 2. The average Bonchev–Trinajstić information content (AvgIpc) is 2.93. The van der Waals surface area contributed by atoms with E-state index in [0.29, 0.717) is 18.9 Å². The number of aromatic nitrogens is 2. The highest BCUT2D eigenvalue weighted by Gasteiger charge is 2.26. The minimum absolute atomic E-state index is 0.0508. The molecule has 3 aromatic rings. The monoisotopic (exact) mass is 563 g/mol. The van der Waals surface area contributed by atoms with Gasteiger partial charge in [0, 0.05) is 30.4 Å². The molecule has 15 heteroatoms. The molecule has 0 saturated carbocycles. The zero-order valence-electron chi connectivity index (χ0n) is 20.4. The SMILES string of the molecule is COc1cc(NS(=O)(=O)c2ccc(NC(=O)c3ccc(S(=O)(=O)N4CCOCC4)cc3)cc2)nc(OC)n1. The van der Waals surface area contributed by atoms with Gasteiger partial charge in [-0.25, -0.2) is 16.8 Å². The number of hydrogen-bond acceptors (Lipinski definition) is 10. The Balaban J connectivity index is 1.42. The Labute approximate surface area is 219 Å². The van der Waals surface area contributed by atoms with Crippen molar-refractivity contribution in [2.75, 3.05) is 50.6 Å². The second kappa shape index (κ2) is 11.3. The molecule has 1 fully saturated rings. The Morgan fingerprint density at radius 1 is 0.895 bits per heavy atom. The molecule has 38 heavy (non-hydrogen) atoms. The average molecular weight is 564 g/mol. The van der Waals surface area contributed by atoms with E-state index < -0.39 is 26.0 Å². The van der Waals surface area contributed by atoms with Crippen LogP contribution in [0.5, 0.6) is 11.9 Å². The zero-order chi connectivity index (χ0) is 27.3. The standard InChI is InChI=1S/C23H25N5O8S2/c1-34-21-15-20(25-23(26-21)35-2)27-37(30,31)18-9-5-17(6-10-18)24-22(29)16-3-7-19(8-4-16)38(32,33)28-11-13-36-14-12-28/h3-10,15H,11-14H2,1-2H3,(H,24,29)(H,25,26,27). The third-order valence-electron chi connectivity index (χ3n) is 5.46. The van der Waals surface area contributed by atoms with Crippen LogP contribution in [0.2, 0.25) is 0 Å². The number of amides is 1. The molecule has 0 atom stereocenters. The molecule has 0 unspecified atom stereocenters. The molecule has 1 amide bonds. The van der Waals surface area contributed by atoms with Crippen molar-refractivity contribution in [1.82, 2.24) is 14.3 Å². The van der Waals surface area contributed by atoms with E-state index in [4.69, 9.17) is 14.2 Å². The molecule has 2 N–H and O–H groups in total. The molecule has 2 heterocycles. The number of benzene rings is 2. The number of carbonyl (C=O) groups is 1. The number of morpholine rings is 1. The van der Waals surface area contributed by atoms with Crippen molar-refractivity contribution in [3.05, 3.63) is 60.2 Å². The summed E-state index contributed by atoms with van der Waals surface area (Å²) in [5.74, 6) is -0.432. The van der Waals surface area contributed by atoms with Gasteiger partial charge in [0.15, 0.2) is 5.82 Å². The summed E-state index contributed by atoms with van der Waals surface area (Å²) < 4.78 is 69.9. The number of hydrogen-bond donors (Lipinski definition) is 2. The molecule has 13 nitrogen and oxygen atoms in total. The van der Waals surface area contributed by atoms with Crippen LogP contribution >= 0.6 is 0 Å². The Morgan fingerprint density at radius 3 is 2.13 bits per heavy atom. The molecule has 4 rings (SSSR count). The molecular weight excluding hydrogens is 538 g/mol. The second-order valence-electron chi connectivity index (χ2n) is 7.91. The van der Waals surface area contributed by atoms with Gasteiger partial charge in [0.05, 0.1) is 37.2 Å². The molecule has 0 bridgehead atoms. The normalized spacial score (nSPS) is 14.5. The van der Waals surface area contributed by atoms with Crippen LogP contribution in [0.4, 0.5) is 11.5 Å². The Hall–Kier alpha value is -3.79. The summed E-state index contributed by atoms with van der Waals surface area (Å²) in [5.41, 5.74) is 0.570. The number of methoxy groups -OCH3 is 2. The summed E-state index contributed by atoms with van der Waals surface area (Å²) in [4.78, 5) is 20.5. The molecule has 2 aromatic carbocycles. The second-order valence-corrected chi connectivity index (χ2v) is 11.5. The summed E-state index contributed by atoms with van der Waals surface area (Å²) in [5, 5.41) is 2.65. The summed E-state index contributed by atoms with van der Waals surface area (Å²) in [6.45, 7) is 1.21. The van der Waals surface area contributed by atoms with Crippen molar-refractivity contribution in [2.24, 2.45) is 0 Å². The van der Waals surface area contributed by atoms with Gasteiger partial charge in [0.1, 0.15) is 0 Å². The number of carbonyl (C=O) groups excluding carboxylic acids is 1. The van der Waals surface area contributed by atoms with Gasteiger partial charge in [-0.1, -0.05) is 0 Å². The van der Waals surface area contributed by atoms with Gasteiger partial charge in [-0.15, -0.1) is 0 Å². The van der Waals surface area contributed by atoms with E-state index in [9.17, 15) is 21.6 Å². The quantitative estimate of drug-likeness (QED) is 0.390. The molecule has 0 spiro atoms. The number of nitrogens with zero attached hydrogens (tertiary/aromatic N) is 3. The van der Waals surface area contributed by atoms with Crippen molar-refractivity contribution in [3.8, 4) is 11.9 Å². The van der Waals surface area contributed by atoms with E-state index >= 15 is 0 Å². The number of rotatable bonds is 9. The van der Waals surface area contributed by atoms with Crippen molar-refractivity contribution >= 4 is 37.5 Å². The van der Waals surface area contributed by atoms with E-state index in [0.717, 1.165) is 0 Å². The summed E-state index contributed by atoms with van der Waals surface area (Å²) in [6.07, 6.45) is 0. The van der Waals surface area contributed by atoms with Gasteiger partial charge < -0.3 is 19.5 Å². The molecule has 1 saturated heterocycles. The fourth-order valence-corrected chi connectivity index (χ4v) is 5.88. The molecule has 0 radical (unpaired) electrons. The van der Waals surface area contributed by atoms with Crippen LogP contribution in [-0.4, -0.2) is 77.5 Å². The largest absolute Gasteiger partial charge is 0.481 e. The van der Waals surface area contributed by atoms with Crippen LogP contribution in [0.3, 0.4) is 0 Å². The van der Waals surface area contributed by atoms with Crippen LogP contribution in [0.1, 0.15) is 10.4 Å². The van der Waals surface area contributed by atoms with Gasteiger partial charge in [0.25, 0.3) is 15.9 Å². The van der Waals surface area contributed by atoms with Crippen LogP contribution in [0.15, 0.2) is 64.4 Å². The van der Waals surface area contributed by atoms with Gasteiger partial charge in [-0.3, -0.25) is 9.52 Å². The van der Waals surface area contributed by atoms with E-state index in [1.807, 2.05) is 0 Å². The molecular formula is C23H25N5O8S2. The first kappa shape index (κ1) is 27.3. The fraction of sp³-hybridized carbons (Fsp3) is 0.261. The molecule has 1 aliphatic heterocycles. The summed E-state index contributed by atoms with van der Waals surface area (Å²) in [6, 6.07) is 12.3. The molecule has 0 aliphatic carbocycles. The van der Waals surface area contributed by atoms with Crippen LogP contribution < -0.4 is 19.5 Å². The van der Waals surface area contributed by atoms with Gasteiger partial charge >= 0.3 is 6.01 Å². The van der Waals surface area contributed by atoms with E-state index in [1.54, 1.807) is 0 Å². The fourth-order valence-electron chi connectivity index (χ4n) is 3.48. The van der Waals surface area contributed by atoms with E-state index in [1.165, 1.54) is 73.1 Å². The smallest absolute Gasteiger partial charge is 0.321 e. The minimum atomic E-state index is -4.02. The summed E-state index contributed by atoms with van der Waals surface area (Å²) >= 11 is 0. The van der Waals surface area contributed by atoms with Crippen molar-refractivity contribution in [1.29, 1.82) is 0 Å². The number of anilines is 2. The molecule has 1 aliphatic rings. The highest BCUT2D eigenvalue weighted by molar-refractivity contribution is 7.92. The number of sulfonamides is 2. The van der Waals surface area contributed by atoms with Crippen LogP contribution in [-0.2, 0) is 24.8 Å². The lowest BCUT2D eigenvalue weighted by Gasteiger charge is -2.26. The Bertz CT molecular complexity index is 1480.